The van der Waals surface area contributed by atoms with Gasteiger partial charge in [0.05, 0.1) is 18.8 Å². The number of benzene rings is 2. The minimum Gasteiger partial charge on any atom is -0.497 e. The highest BCUT2D eigenvalue weighted by molar-refractivity contribution is 5.80. The molecule has 146 valence electrons. The van der Waals surface area contributed by atoms with E-state index in [1.165, 1.54) is 5.57 Å². The molecule has 1 unspecified atom stereocenters. The number of nitrogens with one attached hydrogen (secondary N) is 1. The molecule has 0 saturated heterocycles. The van der Waals surface area contributed by atoms with Crippen LogP contribution in [0.2, 0.25) is 0 Å². The van der Waals surface area contributed by atoms with E-state index in [4.69, 9.17) is 9.47 Å². The van der Waals surface area contributed by atoms with Gasteiger partial charge in [-0.15, -0.1) is 0 Å². The summed E-state index contributed by atoms with van der Waals surface area (Å²) < 4.78 is 13.2. The summed E-state index contributed by atoms with van der Waals surface area (Å²) in [6.45, 7) is 4.09. The van der Waals surface area contributed by atoms with Crippen molar-refractivity contribution >= 4 is 22.7 Å². The van der Waals surface area contributed by atoms with Crippen molar-refractivity contribution < 1.29 is 14.6 Å². The summed E-state index contributed by atoms with van der Waals surface area (Å²) >= 11 is 0. The summed E-state index contributed by atoms with van der Waals surface area (Å²) in [6, 6.07) is 12.0. The van der Waals surface area contributed by atoms with Crippen LogP contribution in [0.15, 0.2) is 48.2 Å². The average molecular weight is 379 g/mol. The Morgan fingerprint density at radius 3 is 2.89 bits per heavy atom. The summed E-state index contributed by atoms with van der Waals surface area (Å²) in [5, 5.41) is 18.2. The zero-order valence-corrected chi connectivity index (χ0v) is 16.2. The molecule has 2 N–H and O–H groups in total. The molecule has 0 fully saturated rings. The van der Waals surface area contributed by atoms with Crippen molar-refractivity contribution in [3.8, 4) is 11.5 Å². The third kappa shape index (κ3) is 3.82. The molecule has 3 aromatic rings. The summed E-state index contributed by atoms with van der Waals surface area (Å²) in [5.41, 5.74) is 4.41. The van der Waals surface area contributed by atoms with E-state index in [-0.39, 0.29) is 12.5 Å². The van der Waals surface area contributed by atoms with Crippen molar-refractivity contribution in [3.05, 3.63) is 53.7 Å². The number of fused-ring (bicyclic) bond motifs is 2. The molecule has 28 heavy (non-hydrogen) atoms. The van der Waals surface area contributed by atoms with E-state index in [1.54, 1.807) is 7.11 Å². The van der Waals surface area contributed by atoms with Gasteiger partial charge in [0, 0.05) is 42.9 Å². The lowest BCUT2D eigenvalue weighted by Gasteiger charge is -2.19. The Hall–Kier alpha value is -2.99. The van der Waals surface area contributed by atoms with E-state index in [9.17, 15) is 5.11 Å². The lowest BCUT2D eigenvalue weighted by atomic mass is 10.0. The fourth-order valence-corrected chi connectivity index (χ4v) is 3.33. The Kier molecular flexibility index (Phi) is 5.21. The molecule has 0 saturated carbocycles. The predicted molar refractivity (Wildman–Crippen MR) is 111 cm³/mol. The molecule has 4 rings (SSSR count). The number of hydrogen-bond acceptors (Lipinski definition) is 5. The lowest BCUT2D eigenvalue weighted by molar-refractivity contribution is 0.220. The van der Waals surface area contributed by atoms with Crippen LogP contribution in [-0.2, 0) is 6.54 Å². The number of methoxy groups -OCH3 is 1. The first-order valence-corrected chi connectivity index (χ1v) is 9.47. The summed E-state index contributed by atoms with van der Waals surface area (Å²) in [4.78, 5) is 0. The zero-order valence-electron chi connectivity index (χ0n) is 16.2. The van der Waals surface area contributed by atoms with Gasteiger partial charge in [0.1, 0.15) is 18.1 Å². The lowest BCUT2D eigenvalue weighted by Crippen LogP contribution is -2.15. The van der Waals surface area contributed by atoms with E-state index < -0.39 is 0 Å². The van der Waals surface area contributed by atoms with E-state index in [0.717, 1.165) is 40.2 Å². The number of anilines is 1. The third-order valence-electron chi connectivity index (χ3n) is 4.96. The van der Waals surface area contributed by atoms with Gasteiger partial charge in [0.2, 0.25) is 0 Å². The van der Waals surface area contributed by atoms with Crippen molar-refractivity contribution in [2.75, 3.05) is 32.2 Å². The van der Waals surface area contributed by atoms with Gasteiger partial charge in [-0.2, -0.15) is 5.10 Å². The summed E-state index contributed by atoms with van der Waals surface area (Å²) in [5.74, 6) is 1.82. The van der Waals surface area contributed by atoms with Gasteiger partial charge in [-0.1, -0.05) is 6.92 Å². The topological polar surface area (TPSA) is 68.5 Å². The molecular formula is C22H25N3O3. The largest absolute Gasteiger partial charge is 0.497 e. The monoisotopic (exact) mass is 379 g/mol. The molecule has 6 nitrogen and oxygen atoms in total. The highest BCUT2D eigenvalue weighted by Crippen LogP contribution is 2.28. The van der Waals surface area contributed by atoms with Crippen LogP contribution in [0.25, 0.3) is 17.0 Å². The molecule has 1 atom stereocenters. The van der Waals surface area contributed by atoms with Gasteiger partial charge in [0.25, 0.3) is 0 Å². The van der Waals surface area contributed by atoms with Crippen molar-refractivity contribution in [2.24, 2.45) is 5.92 Å². The van der Waals surface area contributed by atoms with E-state index in [2.05, 4.69) is 16.5 Å². The maximum absolute atomic E-state index is 9.30. The zero-order chi connectivity index (χ0) is 19.5. The molecule has 1 aliphatic heterocycles. The van der Waals surface area contributed by atoms with Crippen molar-refractivity contribution in [1.29, 1.82) is 0 Å². The van der Waals surface area contributed by atoms with Crippen LogP contribution in [0, 0.1) is 5.92 Å². The Balaban J connectivity index is 1.48. The first-order chi connectivity index (χ1) is 13.7. The standard InChI is InChI=1S/C22H25N3O3/c1-15(13-26)12-25-22-9-20(6-4-18(22)11-24-25)28-14-16-7-17-3-5-19(27-2)8-21(17)23-10-16/h3-9,11,15,23,26H,10,12-14H2,1-2H3. The fourth-order valence-electron chi connectivity index (χ4n) is 3.33. The second kappa shape index (κ2) is 7.94. The average Bonchev–Trinajstić information content (AvgIpc) is 3.13. The number of aliphatic hydroxyl groups is 1. The Bertz CT molecular complexity index is 1010. The van der Waals surface area contributed by atoms with Crippen molar-refractivity contribution in [2.45, 2.75) is 13.5 Å². The Morgan fingerprint density at radius 1 is 1.21 bits per heavy atom. The quantitative estimate of drug-likeness (QED) is 0.657. The molecular weight excluding hydrogens is 354 g/mol. The van der Waals surface area contributed by atoms with Crippen LogP contribution < -0.4 is 14.8 Å². The van der Waals surface area contributed by atoms with Gasteiger partial charge < -0.3 is 19.9 Å². The fraction of sp³-hybridized carbons (Fsp3) is 0.318. The number of aromatic nitrogens is 2. The molecule has 0 spiro atoms. The van der Waals surface area contributed by atoms with E-state index in [0.29, 0.717) is 13.2 Å². The number of rotatable bonds is 7. The second-order valence-corrected chi connectivity index (χ2v) is 7.23. The number of ether oxygens (including phenoxy) is 2. The molecule has 2 heterocycles. The Morgan fingerprint density at radius 2 is 2.07 bits per heavy atom. The highest BCUT2D eigenvalue weighted by atomic mass is 16.5. The number of hydrogen-bond donors (Lipinski definition) is 2. The van der Waals surface area contributed by atoms with Gasteiger partial charge >= 0.3 is 0 Å². The van der Waals surface area contributed by atoms with Crippen LogP contribution in [0.3, 0.4) is 0 Å². The van der Waals surface area contributed by atoms with Crippen LogP contribution in [-0.4, -0.2) is 41.8 Å². The van der Waals surface area contributed by atoms with Gasteiger partial charge in [0.15, 0.2) is 0 Å². The van der Waals surface area contributed by atoms with E-state index in [1.807, 2.05) is 54.2 Å². The predicted octanol–water partition coefficient (Wildman–Crippen LogP) is 3.56. The number of nitrogens with zero attached hydrogens (tertiary/aromatic N) is 2. The molecule has 0 bridgehead atoms. The summed E-state index contributed by atoms with van der Waals surface area (Å²) in [6.07, 6.45) is 4.01. The van der Waals surface area contributed by atoms with Crippen LogP contribution >= 0.6 is 0 Å². The first kappa shape index (κ1) is 18.4. The van der Waals surface area contributed by atoms with Crippen LogP contribution in [0.5, 0.6) is 11.5 Å². The minimum absolute atomic E-state index is 0.145. The normalized spacial score (nSPS) is 14.2. The van der Waals surface area contributed by atoms with Gasteiger partial charge in [-0.05, 0) is 47.4 Å². The molecule has 1 aromatic heterocycles. The molecule has 0 aliphatic carbocycles. The molecule has 2 aromatic carbocycles. The number of aliphatic hydroxyl groups excluding tert-OH is 1. The van der Waals surface area contributed by atoms with Gasteiger partial charge in [-0.25, -0.2) is 0 Å². The molecule has 1 aliphatic rings. The van der Waals surface area contributed by atoms with E-state index >= 15 is 0 Å². The second-order valence-electron chi connectivity index (χ2n) is 7.23. The SMILES string of the molecule is COc1ccc2c(c1)NCC(COc1ccc3cnn(CC(C)CO)c3c1)=C2. The van der Waals surface area contributed by atoms with Crippen molar-refractivity contribution in [1.82, 2.24) is 9.78 Å². The summed E-state index contributed by atoms with van der Waals surface area (Å²) in [7, 11) is 1.67. The maximum atomic E-state index is 9.30. The molecule has 6 heteroatoms. The van der Waals surface area contributed by atoms with Gasteiger partial charge in [-0.3, -0.25) is 4.68 Å². The minimum atomic E-state index is 0.145. The Labute approximate surface area is 164 Å². The highest BCUT2D eigenvalue weighted by Gasteiger charge is 2.12. The first-order valence-electron chi connectivity index (χ1n) is 9.47. The molecule has 0 radical (unpaired) electrons. The van der Waals surface area contributed by atoms with Crippen LogP contribution in [0.4, 0.5) is 5.69 Å². The third-order valence-corrected chi connectivity index (χ3v) is 4.96. The maximum Gasteiger partial charge on any atom is 0.121 e. The van der Waals surface area contributed by atoms with Crippen LogP contribution in [0.1, 0.15) is 12.5 Å². The molecule has 0 amide bonds. The van der Waals surface area contributed by atoms with Crippen molar-refractivity contribution in [3.63, 3.8) is 0 Å². The smallest absolute Gasteiger partial charge is 0.121 e.